The Balaban J connectivity index is 1.78. The van der Waals surface area contributed by atoms with Gasteiger partial charge in [-0.2, -0.15) is 0 Å². The molecule has 34 heavy (non-hydrogen) atoms. The highest BCUT2D eigenvalue weighted by Gasteiger charge is 2.36. The van der Waals surface area contributed by atoms with Gasteiger partial charge in [-0.3, -0.25) is 14.5 Å². The van der Waals surface area contributed by atoms with Gasteiger partial charge in [-0.25, -0.2) is 4.68 Å². The van der Waals surface area contributed by atoms with Crippen LogP contribution in [-0.2, 0) is 16.1 Å². The number of aromatic nitrogens is 3. The van der Waals surface area contributed by atoms with Crippen LogP contribution in [0.15, 0.2) is 66.0 Å². The maximum Gasteiger partial charge on any atom is 0.249 e. The van der Waals surface area contributed by atoms with Crippen LogP contribution >= 0.6 is 11.3 Å². The molecule has 0 saturated heterocycles. The van der Waals surface area contributed by atoms with E-state index in [1.54, 1.807) is 9.58 Å². The molecule has 2 aromatic carbocycles. The van der Waals surface area contributed by atoms with Crippen molar-refractivity contribution in [3.05, 3.63) is 76.5 Å². The van der Waals surface area contributed by atoms with E-state index in [-0.39, 0.29) is 18.4 Å². The van der Waals surface area contributed by atoms with Gasteiger partial charge in [0.15, 0.2) is 0 Å². The number of hydrogen-bond donors (Lipinski definition) is 1. The van der Waals surface area contributed by atoms with Crippen LogP contribution in [0, 0.1) is 6.92 Å². The number of benzene rings is 2. The number of carbonyl (C=O) groups excluding carboxylic acids is 2. The third-order valence-electron chi connectivity index (χ3n) is 5.92. The van der Waals surface area contributed by atoms with E-state index >= 15 is 0 Å². The van der Waals surface area contributed by atoms with Gasteiger partial charge in [0.05, 0.1) is 5.52 Å². The SMILES string of the molecule is CCC(C)(C)NC(=O)C(c1cccs1)N(C(=O)Cn1nnc2ccccc21)c1cccc(C)c1. The van der Waals surface area contributed by atoms with Crippen molar-refractivity contribution < 1.29 is 9.59 Å². The van der Waals surface area contributed by atoms with Gasteiger partial charge < -0.3 is 5.32 Å². The molecular formula is C26H29N5O2S. The third-order valence-corrected chi connectivity index (χ3v) is 6.84. The molecule has 0 fully saturated rings. The lowest BCUT2D eigenvalue weighted by atomic mass is 10.0. The smallest absolute Gasteiger partial charge is 0.249 e. The summed E-state index contributed by atoms with van der Waals surface area (Å²) in [5, 5.41) is 13.4. The zero-order chi connectivity index (χ0) is 24.3. The number of hydrogen-bond acceptors (Lipinski definition) is 5. The van der Waals surface area contributed by atoms with Crippen LogP contribution in [0.3, 0.4) is 0 Å². The first kappa shape index (κ1) is 23.6. The number of para-hydroxylation sites is 1. The number of amides is 2. The monoisotopic (exact) mass is 475 g/mol. The molecule has 8 heteroatoms. The number of nitrogens with zero attached hydrogens (tertiary/aromatic N) is 4. The van der Waals surface area contributed by atoms with Crippen LogP contribution in [0.2, 0.25) is 0 Å². The summed E-state index contributed by atoms with van der Waals surface area (Å²) in [6, 6.07) is 18.2. The average Bonchev–Trinajstić information content (AvgIpc) is 3.47. The van der Waals surface area contributed by atoms with Crippen LogP contribution in [0.25, 0.3) is 11.0 Å². The van der Waals surface area contributed by atoms with E-state index in [1.807, 2.05) is 93.7 Å². The molecule has 2 aromatic heterocycles. The highest BCUT2D eigenvalue weighted by Crippen LogP contribution is 2.32. The molecule has 2 amide bonds. The van der Waals surface area contributed by atoms with Crippen molar-refractivity contribution in [2.75, 3.05) is 4.90 Å². The Morgan fingerprint density at radius 2 is 1.91 bits per heavy atom. The quantitative estimate of drug-likeness (QED) is 0.394. The highest BCUT2D eigenvalue weighted by atomic mass is 32.1. The lowest BCUT2D eigenvalue weighted by Gasteiger charge is -2.34. The first-order chi connectivity index (χ1) is 16.3. The van der Waals surface area contributed by atoms with Gasteiger partial charge in [0.25, 0.3) is 0 Å². The van der Waals surface area contributed by atoms with Crippen LogP contribution in [0.1, 0.15) is 43.7 Å². The van der Waals surface area contributed by atoms with E-state index in [9.17, 15) is 9.59 Å². The minimum absolute atomic E-state index is 0.0409. The molecule has 4 rings (SSSR count). The van der Waals surface area contributed by atoms with Crippen molar-refractivity contribution in [2.45, 2.75) is 52.2 Å². The van der Waals surface area contributed by atoms with Crippen molar-refractivity contribution in [1.29, 1.82) is 0 Å². The predicted molar refractivity (Wildman–Crippen MR) is 136 cm³/mol. The number of fused-ring (bicyclic) bond motifs is 1. The van der Waals surface area contributed by atoms with Crippen LogP contribution in [-0.4, -0.2) is 32.3 Å². The number of carbonyl (C=O) groups is 2. The number of nitrogens with one attached hydrogen (secondary N) is 1. The Morgan fingerprint density at radius 3 is 2.62 bits per heavy atom. The molecule has 7 nitrogen and oxygen atoms in total. The molecule has 1 atom stereocenters. The maximum atomic E-state index is 13.9. The number of anilines is 1. The second-order valence-corrected chi connectivity index (χ2v) is 9.96. The van der Waals surface area contributed by atoms with Gasteiger partial charge >= 0.3 is 0 Å². The Labute approximate surface area is 203 Å². The maximum absolute atomic E-state index is 13.9. The fraction of sp³-hybridized carbons (Fsp3) is 0.308. The topological polar surface area (TPSA) is 80.1 Å². The summed E-state index contributed by atoms with van der Waals surface area (Å²) in [5.41, 5.74) is 2.74. The molecule has 1 unspecified atom stereocenters. The first-order valence-electron chi connectivity index (χ1n) is 11.3. The van der Waals surface area contributed by atoms with Crippen molar-refractivity contribution >= 4 is 39.9 Å². The summed E-state index contributed by atoms with van der Waals surface area (Å²) in [4.78, 5) is 30.0. The molecular weight excluding hydrogens is 446 g/mol. The van der Waals surface area contributed by atoms with Crippen LogP contribution in [0.5, 0.6) is 0 Å². The summed E-state index contributed by atoms with van der Waals surface area (Å²) >= 11 is 1.46. The number of rotatable bonds is 8. The molecule has 0 radical (unpaired) electrons. The van der Waals surface area contributed by atoms with E-state index in [0.717, 1.165) is 27.9 Å². The van der Waals surface area contributed by atoms with Crippen molar-refractivity contribution in [2.24, 2.45) is 0 Å². The molecule has 1 N–H and O–H groups in total. The second kappa shape index (κ2) is 9.77. The van der Waals surface area contributed by atoms with Crippen LogP contribution < -0.4 is 10.2 Å². The zero-order valence-corrected chi connectivity index (χ0v) is 20.7. The van der Waals surface area contributed by atoms with E-state index in [2.05, 4.69) is 15.6 Å². The fourth-order valence-corrected chi connectivity index (χ4v) is 4.58. The van der Waals surface area contributed by atoms with Gasteiger partial charge in [0, 0.05) is 16.1 Å². The summed E-state index contributed by atoms with van der Waals surface area (Å²) in [6.07, 6.45) is 0.763. The van der Waals surface area contributed by atoms with E-state index in [1.165, 1.54) is 11.3 Å². The molecule has 176 valence electrons. The van der Waals surface area contributed by atoms with Crippen LogP contribution in [0.4, 0.5) is 5.69 Å². The normalized spacial score (nSPS) is 12.5. The highest BCUT2D eigenvalue weighted by molar-refractivity contribution is 7.10. The lowest BCUT2D eigenvalue weighted by Crippen LogP contribution is -2.50. The van der Waals surface area contributed by atoms with E-state index in [0.29, 0.717) is 5.69 Å². The number of thiophene rings is 1. The van der Waals surface area contributed by atoms with Crippen molar-refractivity contribution in [3.63, 3.8) is 0 Å². The lowest BCUT2D eigenvalue weighted by molar-refractivity contribution is -0.128. The summed E-state index contributed by atoms with van der Waals surface area (Å²) in [7, 11) is 0. The Morgan fingerprint density at radius 1 is 1.12 bits per heavy atom. The Hall–Kier alpha value is -3.52. The Bertz CT molecular complexity index is 1300. The summed E-state index contributed by atoms with van der Waals surface area (Å²) < 4.78 is 1.58. The van der Waals surface area contributed by atoms with Gasteiger partial charge in [-0.15, -0.1) is 16.4 Å². The van der Waals surface area contributed by atoms with Gasteiger partial charge in [-0.05, 0) is 68.5 Å². The van der Waals surface area contributed by atoms with Gasteiger partial charge in [-0.1, -0.05) is 42.5 Å². The van der Waals surface area contributed by atoms with E-state index in [4.69, 9.17) is 0 Å². The first-order valence-corrected chi connectivity index (χ1v) is 12.2. The average molecular weight is 476 g/mol. The molecule has 0 spiro atoms. The van der Waals surface area contributed by atoms with Crippen molar-refractivity contribution in [3.8, 4) is 0 Å². The van der Waals surface area contributed by atoms with E-state index < -0.39 is 11.6 Å². The number of aryl methyl sites for hydroxylation is 1. The second-order valence-electron chi connectivity index (χ2n) is 8.98. The largest absolute Gasteiger partial charge is 0.349 e. The third kappa shape index (κ3) is 5.02. The standard InChI is InChI=1S/C26H29N5O2S/c1-5-26(3,4)27-25(33)24(22-14-9-15-34-22)31(19-11-8-10-18(2)16-19)23(32)17-30-21-13-7-6-12-20(21)28-29-30/h6-16,24H,5,17H2,1-4H3,(H,27,33). The van der Waals surface area contributed by atoms with Gasteiger partial charge in [0.2, 0.25) is 11.8 Å². The molecule has 0 aliphatic rings. The molecule has 2 heterocycles. The van der Waals surface area contributed by atoms with Crippen molar-refractivity contribution in [1.82, 2.24) is 20.3 Å². The fourth-order valence-electron chi connectivity index (χ4n) is 3.76. The Kier molecular flexibility index (Phi) is 6.79. The summed E-state index contributed by atoms with van der Waals surface area (Å²) in [6.45, 7) is 7.92. The zero-order valence-electron chi connectivity index (χ0n) is 19.9. The molecule has 0 aliphatic carbocycles. The minimum atomic E-state index is -0.810. The predicted octanol–water partition coefficient (Wildman–Crippen LogP) is 4.88. The van der Waals surface area contributed by atoms with Gasteiger partial charge in [0.1, 0.15) is 18.1 Å². The summed E-state index contributed by atoms with van der Waals surface area (Å²) in [5.74, 6) is -0.461. The molecule has 0 bridgehead atoms. The minimum Gasteiger partial charge on any atom is -0.349 e. The molecule has 0 saturated carbocycles. The molecule has 4 aromatic rings. The molecule has 0 aliphatic heterocycles.